The molecule has 2 aromatic carbocycles. The van der Waals surface area contributed by atoms with Gasteiger partial charge in [0.1, 0.15) is 0 Å². The molecule has 3 aromatic rings. The molecule has 30 heavy (non-hydrogen) atoms. The molecule has 0 spiro atoms. The number of methoxy groups -OCH3 is 1. The Balaban J connectivity index is 2.11. The van der Waals surface area contributed by atoms with Gasteiger partial charge >= 0.3 is 5.69 Å². The van der Waals surface area contributed by atoms with Crippen LogP contribution in [0.5, 0.6) is 5.75 Å². The lowest BCUT2D eigenvalue weighted by Gasteiger charge is -2.09. The smallest absolute Gasteiger partial charge is 0.311 e. The molecule has 0 N–H and O–H groups in total. The normalized spacial score (nSPS) is 11.5. The summed E-state index contributed by atoms with van der Waals surface area (Å²) in [7, 11) is 1.35. The molecule has 1 heterocycles. The molecule has 0 aliphatic carbocycles. The molecule has 0 aliphatic heterocycles. The zero-order chi connectivity index (χ0) is 21.8. The number of aryl methyl sites for hydroxylation is 2. The first-order chi connectivity index (χ1) is 14.4. The Bertz CT molecular complexity index is 1160. The lowest BCUT2D eigenvalue weighted by atomic mass is 10.1. The Morgan fingerprint density at radius 1 is 1.20 bits per heavy atom. The first-order valence-corrected chi connectivity index (χ1v) is 10.4. The van der Waals surface area contributed by atoms with E-state index in [0.29, 0.717) is 11.3 Å². The molecule has 7 nitrogen and oxygen atoms in total. The maximum absolute atomic E-state index is 12.8. The summed E-state index contributed by atoms with van der Waals surface area (Å²) in [5.41, 5.74) is 3.19. The highest BCUT2D eigenvalue weighted by Crippen LogP contribution is 2.29. The van der Waals surface area contributed by atoms with E-state index in [1.54, 1.807) is 0 Å². The van der Waals surface area contributed by atoms with Gasteiger partial charge < -0.3 is 9.30 Å². The molecule has 0 atom stereocenters. The van der Waals surface area contributed by atoms with E-state index in [9.17, 15) is 14.9 Å². The fourth-order valence-corrected chi connectivity index (χ4v) is 4.37. The molecule has 1 aromatic heterocycles. The fraction of sp³-hybridized carbons (Fsp3) is 0.273. The van der Waals surface area contributed by atoms with Gasteiger partial charge in [0.15, 0.2) is 10.6 Å². The molecule has 156 valence electrons. The van der Waals surface area contributed by atoms with E-state index >= 15 is 0 Å². The van der Waals surface area contributed by atoms with Gasteiger partial charge in [0.2, 0.25) is 0 Å². The summed E-state index contributed by atoms with van der Waals surface area (Å²) >= 11 is 1.47. The van der Waals surface area contributed by atoms with Gasteiger partial charge in [-0.3, -0.25) is 14.9 Å². The Kier molecular flexibility index (Phi) is 6.47. The lowest BCUT2D eigenvalue weighted by molar-refractivity contribution is -0.385. The summed E-state index contributed by atoms with van der Waals surface area (Å²) in [5, 5.41) is 11.3. The molecule has 1 amide bonds. The van der Waals surface area contributed by atoms with E-state index < -0.39 is 10.8 Å². The average Bonchev–Trinajstić information content (AvgIpc) is 3.10. The number of hydrogen-bond acceptors (Lipinski definition) is 5. The summed E-state index contributed by atoms with van der Waals surface area (Å²) in [6, 6.07) is 12.4. The maximum Gasteiger partial charge on any atom is 0.311 e. The Morgan fingerprint density at radius 2 is 1.90 bits per heavy atom. The second-order valence-corrected chi connectivity index (χ2v) is 7.74. The van der Waals surface area contributed by atoms with E-state index in [1.165, 1.54) is 42.2 Å². The van der Waals surface area contributed by atoms with Gasteiger partial charge in [0.25, 0.3) is 5.91 Å². The van der Waals surface area contributed by atoms with Crippen LogP contribution in [-0.2, 0) is 13.0 Å². The number of carbonyl (C=O) groups is 1. The van der Waals surface area contributed by atoms with Gasteiger partial charge in [-0.2, -0.15) is 4.99 Å². The zero-order valence-corrected chi connectivity index (χ0v) is 18.2. The first kappa shape index (κ1) is 21.4. The molecule has 0 bridgehead atoms. The molecule has 0 unspecified atom stereocenters. The Labute approximate surface area is 178 Å². The van der Waals surface area contributed by atoms with Gasteiger partial charge in [0, 0.05) is 23.1 Å². The van der Waals surface area contributed by atoms with E-state index in [1.807, 2.05) is 18.4 Å². The van der Waals surface area contributed by atoms with Gasteiger partial charge in [0.05, 0.1) is 17.7 Å². The number of nitrogens with zero attached hydrogens (tertiary/aromatic N) is 3. The van der Waals surface area contributed by atoms with Crippen molar-refractivity contribution < 1.29 is 14.5 Å². The van der Waals surface area contributed by atoms with E-state index in [4.69, 9.17) is 4.74 Å². The van der Waals surface area contributed by atoms with Gasteiger partial charge in [-0.15, -0.1) is 11.3 Å². The highest BCUT2D eigenvalue weighted by atomic mass is 32.1. The Hall–Kier alpha value is -3.26. The van der Waals surface area contributed by atoms with Crippen molar-refractivity contribution >= 4 is 22.9 Å². The number of carbonyl (C=O) groups excluding carboxylic acids is 1. The highest BCUT2D eigenvalue weighted by molar-refractivity contribution is 7.09. The van der Waals surface area contributed by atoms with Gasteiger partial charge in [-0.1, -0.05) is 36.8 Å². The van der Waals surface area contributed by atoms with Crippen molar-refractivity contribution in [1.82, 2.24) is 4.57 Å². The van der Waals surface area contributed by atoms with Crippen LogP contribution in [0.1, 0.15) is 34.6 Å². The highest BCUT2D eigenvalue weighted by Gasteiger charge is 2.19. The number of amides is 1. The minimum atomic E-state index is -0.572. The maximum atomic E-state index is 12.8. The van der Waals surface area contributed by atoms with E-state index in [0.717, 1.165) is 22.6 Å². The fourth-order valence-electron chi connectivity index (χ4n) is 3.22. The van der Waals surface area contributed by atoms with Crippen LogP contribution in [0.2, 0.25) is 0 Å². The number of benzene rings is 2. The van der Waals surface area contributed by atoms with Gasteiger partial charge in [-0.25, -0.2) is 0 Å². The van der Waals surface area contributed by atoms with Crippen molar-refractivity contribution in [3.63, 3.8) is 0 Å². The molecule has 0 saturated carbocycles. The van der Waals surface area contributed by atoms with Crippen LogP contribution >= 0.6 is 11.3 Å². The zero-order valence-electron chi connectivity index (χ0n) is 17.3. The van der Waals surface area contributed by atoms with Crippen LogP contribution in [0.4, 0.5) is 5.69 Å². The third kappa shape index (κ3) is 4.18. The van der Waals surface area contributed by atoms with Crippen molar-refractivity contribution in [3.8, 4) is 17.0 Å². The largest absolute Gasteiger partial charge is 0.490 e. The van der Waals surface area contributed by atoms with Crippen LogP contribution in [0.3, 0.4) is 0 Å². The van der Waals surface area contributed by atoms with Crippen molar-refractivity contribution in [1.29, 1.82) is 0 Å². The predicted molar refractivity (Wildman–Crippen MR) is 117 cm³/mol. The average molecular weight is 426 g/mol. The molecule has 3 rings (SSSR count). The van der Waals surface area contributed by atoms with Crippen LogP contribution in [0.25, 0.3) is 11.3 Å². The van der Waals surface area contributed by atoms with E-state index in [-0.39, 0.29) is 17.0 Å². The molecule has 8 heteroatoms. The molecule has 0 radical (unpaired) electrons. The van der Waals surface area contributed by atoms with Crippen LogP contribution in [0, 0.1) is 17.0 Å². The molecular formula is C22H23N3O4S. The minimum Gasteiger partial charge on any atom is -0.490 e. The number of rotatable bonds is 6. The molecule has 0 fully saturated rings. The van der Waals surface area contributed by atoms with Crippen molar-refractivity contribution in [2.45, 2.75) is 33.7 Å². The van der Waals surface area contributed by atoms with Crippen molar-refractivity contribution in [2.75, 3.05) is 7.11 Å². The molecular weight excluding hydrogens is 402 g/mol. The summed E-state index contributed by atoms with van der Waals surface area (Å²) in [4.78, 5) is 29.5. The second-order valence-electron chi connectivity index (χ2n) is 6.68. The molecule has 0 aliphatic rings. The predicted octanol–water partition coefficient (Wildman–Crippen LogP) is 4.77. The number of thiazole rings is 1. The number of ether oxygens (including phenoxy) is 1. The number of nitro benzene ring substituents is 1. The quantitative estimate of drug-likeness (QED) is 0.421. The van der Waals surface area contributed by atoms with E-state index in [2.05, 4.69) is 36.2 Å². The lowest BCUT2D eigenvalue weighted by Crippen LogP contribution is -2.17. The number of aromatic nitrogens is 1. The third-order valence-electron chi connectivity index (χ3n) is 4.76. The summed E-state index contributed by atoms with van der Waals surface area (Å²) in [6.07, 6.45) is 0.811. The summed E-state index contributed by atoms with van der Waals surface area (Å²) < 4.78 is 7.02. The summed E-state index contributed by atoms with van der Waals surface area (Å²) in [5.74, 6) is -0.423. The monoisotopic (exact) mass is 425 g/mol. The SMILES string of the molecule is CCc1sc(=NC(=O)c2ccc(OC)c([N+](=O)[O-])c2)n(CC)c1-c1ccc(C)cc1. The van der Waals surface area contributed by atoms with Gasteiger partial charge in [-0.05, 0) is 38.0 Å². The second kappa shape index (κ2) is 9.04. The van der Waals surface area contributed by atoms with Crippen LogP contribution < -0.4 is 9.54 Å². The van der Waals surface area contributed by atoms with Crippen LogP contribution in [-0.4, -0.2) is 22.5 Å². The first-order valence-electron chi connectivity index (χ1n) is 9.60. The third-order valence-corrected chi connectivity index (χ3v) is 5.98. The Morgan fingerprint density at radius 3 is 2.47 bits per heavy atom. The van der Waals surface area contributed by atoms with Crippen molar-refractivity contribution in [2.24, 2.45) is 4.99 Å². The number of hydrogen-bond donors (Lipinski definition) is 0. The molecule has 0 saturated heterocycles. The standard InChI is InChI=1S/C22H23N3O4S/c1-5-19-20(15-9-7-14(3)8-10-15)24(6-2)22(30-19)23-21(26)16-11-12-18(29-4)17(13-16)25(27)28/h7-13H,5-6H2,1-4H3. The minimum absolute atomic E-state index is 0.103. The summed E-state index contributed by atoms with van der Waals surface area (Å²) in [6.45, 7) is 6.77. The van der Waals surface area contributed by atoms with Crippen LogP contribution in [0.15, 0.2) is 47.5 Å². The number of nitro groups is 1. The topological polar surface area (TPSA) is 86.7 Å². The van der Waals surface area contributed by atoms with Crippen molar-refractivity contribution in [3.05, 3.63) is 73.4 Å².